The number of aromatic nitrogens is 2. The molecule has 2 rings (SSSR count). The van der Waals surface area contributed by atoms with Gasteiger partial charge in [-0.1, -0.05) is 31.1 Å². The van der Waals surface area contributed by atoms with Gasteiger partial charge in [-0.3, -0.25) is 4.98 Å². The second-order valence-electron chi connectivity index (χ2n) is 3.22. The van der Waals surface area contributed by atoms with Gasteiger partial charge in [0.1, 0.15) is 0 Å². The van der Waals surface area contributed by atoms with Gasteiger partial charge in [0.15, 0.2) is 12.4 Å². The van der Waals surface area contributed by atoms with Gasteiger partial charge in [-0.25, -0.2) is 4.98 Å². The van der Waals surface area contributed by atoms with Crippen molar-refractivity contribution < 1.29 is 40.8 Å². The average molecular weight is 392 g/mol. The number of aromatic amines is 1. The molecule has 2 nitrogen and oxygen atoms in total. The second-order valence-corrected chi connectivity index (χ2v) is 4.62. The number of nitrogens with one attached hydrogen (secondary N) is 1. The summed E-state index contributed by atoms with van der Waals surface area (Å²) >= 11 is -12.3. The number of pyridine rings is 2. The van der Waals surface area contributed by atoms with Crippen LogP contribution in [0, 0.1) is 0 Å². The van der Waals surface area contributed by atoms with E-state index in [1.165, 1.54) is 11.1 Å². The van der Waals surface area contributed by atoms with Crippen LogP contribution >= 0.6 is 23.1 Å². The minimum Gasteiger partial charge on any atom is -1.00 e. The van der Waals surface area contributed by atoms with E-state index in [1.807, 2.05) is 36.7 Å². The lowest BCUT2D eigenvalue weighted by Gasteiger charge is -1.95. The molecular formula is C10H9F9N2S2. The maximum atomic E-state index is 9.77. The highest BCUT2D eigenvalue weighted by atomic mass is 32.4. The van der Waals surface area contributed by atoms with Gasteiger partial charge >= 0.3 is 23.1 Å². The normalized spacial score (nSPS) is 11.7. The number of rotatable bonds is 1. The van der Waals surface area contributed by atoms with Crippen molar-refractivity contribution in [2.45, 2.75) is 0 Å². The Kier molecular flexibility index (Phi) is 11.3. The van der Waals surface area contributed by atoms with Gasteiger partial charge in [0.05, 0.1) is 0 Å². The molecule has 0 amide bonds. The van der Waals surface area contributed by atoms with Crippen molar-refractivity contribution in [3.8, 4) is 11.1 Å². The first kappa shape index (κ1) is 23.6. The molecule has 0 atom stereocenters. The summed E-state index contributed by atoms with van der Waals surface area (Å²) in [7, 11) is 0. The first-order valence-corrected chi connectivity index (χ1v) is 7.54. The third kappa shape index (κ3) is 20.4. The van der Waals surface area contributed by atoms with Gasteiger partial charge < -0.3 is 4.70 Å². The topological polar surface area (TPSA) is 27.0 Å². The molecule has 1 N–H and O–H groups in total. The molecule has 23 heavy (non-hydrogen) atoms. The molecule has 0 spiro atoms. The average Bonchev–Trinajstić information content (AvgIpc) is 2.37. The molecule has 0 saturated heterocycles. The van der Waals surface area contributed by atoms with Crippen molar-refractivity contribution in [2.75, 3.05) is 0 Å². The molecule has 13 heteroatoms. The van der Waals surface area contributed by atoms with Crippen molar-refractivity contribution in [3.63, 3.8) is 0 Å². The van der Waals surface area contributed by atoms with E-state index in [1.54, 1.807) is 12.4 Å². The van der Waals surface area contributed by atoms with Crippen LogP contribution in [0.3, 0.4) is 0 Å². The maximum Gasteiger partial charge on any atom is 0.379 e. The molecule has 0 aliphatic rings. The predicted octanol–water partition coefficient (Wildman–Crippen LogP) is 3.22. The van der Waals surface area contributed by atoms with Crippen LogP contribution in [-0.4, -0.2) is 4.98 Å². The molecule has 0 radical (unpaired) electrons. The lowest BCUT2D eigenvalue weighted by atomic mass is 10.1. The molecule has 2 aromatic rings. The van der Waals surface area contributed by atoms with Gasteiger partial charge in [0, 0.05) is 24.5 Å². The van der Waals surface area contributed by atoms with E-state index in [0.717, 1.165) is 0 Å². The number of hydrogen-bond acceptors (Lipinski definition) is 1. The zero-order valence-corrected chi connectivity index (χ0v) is 12.4. The Morgan fingerprint density at radius 3 is 1.30 bits per heavy atom. The minimum atomic E-state index is -6.17. The van der Waals surface area contributed by atoms with Crippen LogP contribution in [0.15, 0.2) is 49.1 Å². The third-order valence-corrected chi connectivity index (χ3v) is 1.73. The van der Waals surface area contributed by atoms with Crippen molar-refractivity contribution in [3.05, 3.63) is 49.1 Å². The van der Waals surface area contributed by atoms with Gasteiger partial charge in [-0.2, -0.15) is 0 Å². The van der Waals surface area contributed by atoms with Crippen LogP contribution in [0.1, 0.15) is 0 Å². The van der Waals surface area contributed by atoms with E-state index in [-0.39, 0.29) is 4.70 Å². The monoisotopic (exact) mass is 392 g/mol. The fourth-order valence-corrected chi connectivity index (χ4v) is 1.12. The lowest BCUT2D eigenvalue weighted by Crippen LogP contribution is -3.00. The molecule has 0 aromatic carbocycles. The predicted molar refractivity (Wildman–Crippen MR) is 70.3 cm³/mol. The van der Waals surface area contributed by atoms with Crippen molar-refractivity contribution in [2.24, 2.45) is 0 Å². The van der Waals surface area contributed by atoms with Crippen molar-refractivity contribution in [1.82, 2.24) is 4.98 Å². The first-order chi connectivity index (χ1) is 9.97. The summed E-state index contributed by atoms with van der Waals surface area (Å²) in [5, 5.41) is 0. The first-order valence-electron chi connectivity index (χ1n) is 5.07. The minimum absolute atomic E-state index is 0. The molecule has 0 unspecified atom stereocenters. The summed E-state index contributed by atoms with van der Waals surface area (Å²) in [4.78, 5) is 6.95. The fraction of sp³-hybridized carbons (Fsp3) is 0. The van der Waals surface area contributed by atoms with Crippen LogP contribution in [0.5, 0.6) is 0 Å². The Hall–Kier alpha value is -1.63. The molecule has 0 aliphatic heterocycles. The Balaban J connectivity index is 0. The molecule has 0 fully saturated rings. The molecule has 134 valence electrons. The summed E-state index contributed by atoms with van der Waals surface area (Å²) in [5.41, 5.74) is 2.40. The molecule has 0 saturated carbocycles. The van der Waals surface area contributed by atoms with E-state index in [4.69, 9.17) is 0 Å². The molecule has 0 aliphatic carbocycles. The van der Waals surface area contributed by atoms with E-state index in [0.29, 0.717) is 0 Å². The van der Waals surface area contributed by atoms with E-state index in [9.17, 15) is 31.1 Å². The number of nitrogens with zero attached hydrogens (tertiary/aromatic N) is 1. The summed E-state index contributed by atoms with van der Waals surface area (Å²) < 4.78 is 78.2. The second kappa shape index (κ2) is 11.0. The number of halogens is 9. The zero-order chi connectivity index (χ0) is 17.2. The van der Waals surface area contributed by atoms with Crippen molar-refractivity contribution >= 4 is 23.1 Å². The smallest absolute Gasteiger partial charge is 0.379 e. The van der Waals surface area contributed by atoms with Gasteiger partial charge in [0.2, 0.25) is 0 Å². The third-order valence-electron chi connectivity index (χ3n) is 1.73. The van der Waals surface area contributed by atoms with Crippen LogP contribution in [-0.2, 0) is 0 Å². The van der Waals surface area contributed by atoms with Crippen molar-refractivity contribution in [1.29, 1.82) is 0 Å². The molecule has 2 heterocycles. The Bertz CT molecular complexity index is 458. The zero-order valence-electron chi connectivity index (χ0n) is 10.8. The summed E-state index contributed by atoms with van der Waals surface area (Å²) in [6.07, 6.45) is 7.42. The van der Waals surface area contributed by atoms with E-state index in [2.05, 4.69) is 9.97 Å². The highest BCUT2D eigenvalue weighted by molar-refractivity contribution is 8.16. The van der Waals surface area contributed by atoms with Gasteiger partial charge in [-0.15, -0.1) is 0 Å². The largest absolute Gasteiger partial charge is 1.00 e. The lowest BCUT2D eigenvalue weighted by molar-refractivity contribution is -0.377. The maximum absolute atomic E-state index is 9.77. The molecule has 0 bridgehead atoms. The SMILES string of the molecule is FS(F)(F)F.FS(F)(F)F.[F-].c1cc(-c2cc[nH+]cc2)ccn1. The molecule has 2 aromatic heterocycles. The Morgan fingerprint density at radius 1 is 0.652 bits per heavy atom. The van der Waals surface area contributed by atoms with E-state index < -0.39 is 23.1 Å². The van der Waals surface area contributed by atoms with Crippen LogP contribution in [0.25, 0.3) is 11.1 Å². The van der Waals surface area contributed by atoms with E-state index >= 15 is 0 Å². The Morgan fingerprint density at radius 2 is 0.957 bits per heavy atom. The van der Waals surface area contributed by atoms with Crippen LogP contribution < -0.4 is 9.69 Å². The van der Waals surface area contributed by atoms with Crippen LogP contribution in [0.4, 0.5) is 31.1 Å². The number of hydrogen-bond donors (Lipinski definition) is 0. The summed E-state index contributed by atoms with van der Waals surface area (Å²) in [6, 6.07) is 8.06. The Labute approximate surface area is 129 Å². The highest BCUT2D eigenvalue weighted by Crippen LogP contribution is 2.54. The molecular weight excluding hydrogens is 383 g/mol. The summed E-state index contributed by atoms with van der Waals surface area (Å²) in [5.74, 6) is 0. The van der Waals surface area contributed by atoms with Gasteiger partial charge in [-0.05, 0) is 23.3 Å². The standard InChI is InChI=1S/C10H8N2.2F4S.FH/c1-5-11-6-2-9(1)10-3-7-12-8-4-10;2*1-5(2,3)4;/h1-8H;;;1H. The highest BCUT2D eigenvalue weighted by Gasteiger charge is 2.16. The van der Waals surface area contributed by atoms with Crippen LogP contribution in [0.2, 0.25) is 0 Å². The number of H-pyrrole nitrogens is 1. The van der Waals surface area contributed by atoms with Gasteiger partial charge in [0.25, 0.3) is 0 Å². The quantitative estimate of drug-likeness (QED) is 0.685. The summed E-state index contributed by atoms with van der Waals surface area (Å²) in [6.45, 7) is 0. The fourth-order valence-electron chi connectivity index (χ4n) is 1.12.